The van der Waals surface area contributed by atoms with E-state index >= 15 is 0 Å². The van der Waals surface area contributed by atoms with Gasteiger partial charge in [-0.2, -0.15) is 0 Å². The Morgan fingerprint density at radius 1 is 1.00 bits per heavy atom. The third-order valence-electron chi connectivity index (χ3n) is 3.49. The zero-order chi connectivity index (χ0) is 16.7. The molecule has 3 rings (SSSR count). The molecule has 0 saturated heterocycles. The van der Waals surface area contributed by atoms with Gasteiger partial charge in [-0.3, -0.25) is 14.4 Å². The lowest BCUT2D eigenvalue weighted by molar-refractivity contribution is -0.113. The van der Waals surface area contributed by atoms with E-state index in [4.69, 9.17) is 11.6 Å². The maximum Gasteiger partial charge on any atom is 0.239 e. The predicted molar refractivity (Wildman–Crippen MR) is 94.5 cm³/mol. The number of hydrogen-bond acceptors (Lipinski definition) is 3. The SMILES string of the molecule is O=C(CCl)Nc1c(Br)cc(Br)c2c1C(=O)c1ccccc1C2=O. The number of halogens is 3. The van der Waals surface area contributed by atoms with Crippen LogP contribution in [-0.2, 0) is 4.79 Å². The fourth-order valence-corrected chi connectivity index (χ4v) is 4.02. The molecule has 0 spiro atoms. The second kappa shape index (κ2) is 6.19. The average molecular weight is 458 g/mol. The Bertz CT molecular complexity index is 880. The highest BCUT2D eigenvalue weighted by Crippen LogP contribution is 2.40. The van der Waals surface area contributed by atoms with Gasteiger partial charge < -0.3 is 5.32 Å². The largest absolute Gasteiger partial charge is 0.323 e. The molecule has 0 aliphatic heterocycles. The van der Waals surface area contributed by atoms with Crippen molar-refractivity contribution in [3.63, 3.8) is 0 Å². The van der Waals surface area contributed by atoms with Gasteiger partial charge in [-0.1, -0.05) is 24.3 Å². The Labute approximate surface area is 153 Å². The number of nitrogens with one attached hydrogen (secondary N) is 1. The number of rotatable bonds is 2. The number of carbonyl (C=O) groups is 3. The molecule has 2 aromatic rings. The molecule has 1 aliphatic rings. The van der Waals surface area contributed by atoms with Gasteiger partial charge in [-0.05, 0) is 37.9 Å². The number of alkyl halides is 1. The number of carbonyl (C=O) groups excluding carboxylic acids is 3. The molecule has 0 radical (unpaired) electrons. The van der Waals surface area contributed by atoms with Crippen molar-refractivity contribution in [1.29, 1.82) is 0 Å². The van der Waals surface area contributed by atoms with Crippen molar-refractivity contribution in [2.24, 2.45) is 0 Å². The van der Waals surface area contributed by atoms with E-state index in [-0.39, 0.29) is 34.3 Å². The summed E-state index contributed by atoms with van der Waals surface area (Å²) >= 11 is 12.2. The third kappa shape index (κ3) is 2.65. The number of anilines is 1. The number of hydrogen-bond donors (Lipinski definition) is 1. The molecule has 116 valence electrons. The summed E-state index contributed by atoms with van der Waals surface area (Å²) in [4.78, 5) is 37.3. The van der Waals surface area contributed by atoms with Crippen LogP contribution in [0.15, 0.2) is 39.3 Å². The molecule has 7 heteroatoms. The van der Waals surface area contributed by atoms with Gasteiger partial charge in [0.25, 0.3) is 0 Å². The quantitative estimate of drug-likeness (QED) is 0.588. The Balaban J connectivity index is 2.31. The van der Waals surface area contributed by atoms with Gasteiger partial charge in [-0.15, -0.1) is 11.6 Å². The first-order valence-electron chi connectivity index (χ1n) is 6.52. The summed E-state index contributed by atoms with van der Waals surface area (Å²) in [6, 6.07) is 8.24. The number of benzene rings is 2. The minimum absolute atomic E-state index is 0.161. The third-order valence-corrected chi connectivity index (χ3v) is 4.98. The van der Waals surface area contributed by atoms with Crippen LogP contribution < -0.4 is 5.32 Å². The van der Waals surface area contributed by atoms with E-state index in [0.29, 0.717) is 20.1 Å². The van der Waals surface area contributed by atoms with E-state index in [0.717, 1.165) is 0 Å². The average Bonchev–Trinajstić information content (AvgIpc) is 2.54. The van der Waals surface area contributed by atoms with Crippen LogP contribution in [0.5, 0.6) is 0 Å². The summed E-state index contributed by atoms with van der Waals surface area (Å²) in [5.74, 6) is -1.30. The summed E-state index contributed by atoms with van der Waals surface area (Å²) in [5.41, 5.74) is 1.32. The van der Waals surface area contributed by atoms with Crippen molar-refractivity contribution in [1.82, 2.24) is 0 Å². The fraction of sp³-hybridized carbons (Fsp3) is 0.0625. The van der Waals surface area contributed by atoms with Crippen molar-refractivity contribution in [3.8, 4) is 0 Å². The van der Waals surface area contributed by atoms with Crippen molar-refractivity contribution in [3.05, 3.63) is 61.5 Å². The molecule has 0 unspecified atom stereocenters. The molecule has 0 atom stereocenters. The van der Waals surface area contributed by atoms with Gasteiger partial charge in [0.15, 0.2) is 11.6 Å². The molecule has 0 bridgehead atoms. The van der Waals surface area contributed by atoms with Crippen LogP contribution in [0.4, 0.5) is 5.69 Å². The maximum atomic E-state index is 12.9. The normalized spacial score (nSPS) is 12.7. The Hall–Kier alpha value is -1.50. The molecular formula is C16H8Br2ClNO3. The molecule has 0 aromatic heterocycles. The fourth-order valence-electron chi connectivity index (χ4n) is 2.51. The Morgan fingerprint density at radius 2 is 1.57 bits per heavy atom. The van der Waals surface area contributed by atoms with Gasteiger partial charge in [0.1, 0.15) is 5.88 Å². The second-order valence-electron chi connectivity index (χ2n) is 4.85. The van der Waals surface area contributed by atoms with Gasteiger partial charge in [-0.25, -0.2) is 0 Å². The van der Waals surface area contributed by atoms with E-state index in [2.05, 4.69) is 37.2 Å². The van der Waals surface area contributed by atoms with Gasteiger partial charge in [0.05, 0.1) is 16.8 Å². The van der Waals surface area contributed by atoms with Crippen LogP contribution in [0.1, 0.15) is 31.8 Å². The number of ketones is 2. The van der Waals surface area contributed by atoms with Crippen LogP contribution >= 0.6 is 43.5 Å². The van der Waals surface area contributed by atoms with E-state index < -0.39 is 5.91 Å². The molecule has 0 fully saturated rings. The van der Waals surface area contributed by atoms with Gasteiger partial charge in [0, 0.05) is 20.1 Å². The van der Waals surface area contributed by atoms with Crippen molar-refractivity contribution >= 4 is 66.6 Å². The summed E-state index contributed by atoms with van der Waals surface area (Å²) < 4.78 is 0.971. The zero-order valence-corrected chi connectivity index (χ0v) is 15.4. The lowest BCUT2D eigenvalue weighted by Crippen LogP contribution is -2.25. The first-order chi connectivity index (χ1) is 11.0. The minimum Gasteiger partial charge on any atom is -0.323 e. The van der Waals surface area contributed by atoms with Crippen molar-refractivity contribution < 1.29 is 14.4 Å². The van der Waals surface area contributed by atoms with Crippen LogP contribution in [0.3, 0.4) is 0 Å². The molecule has 0 saturated carbocycles. The van der Waals surface area contributed by atoms with E-state index in [1.54, 1.807) is 30.3 Å². The molecular weight excluding hydrogens is 449 g/mol. The summed E-state index contributed by atoms with van der Waals surface area (Å²) in [6.45, 7) is 0. The minimum atomic E-state index is -0.462. The van der Waals surface area contributed by atoms with Crippen LogP contribution in [0, 0.1) is 0 Å². The zero-order valence-electron chi connectivity index (χ0n) is 11.5. The standard InChI is InChI=1S/C16H8Br2ClNO3/c17-9-5-10(18)14(20-11(21)6-19)13-12(9)15(22)7-3-1-2-4-8(7)16(13)23/h1-5H,6H2,(H,20,21). The monoisotopic (exact) mass is 455 g/mol. The molecule has 0 heterocycles. The summed E-state index contributed by atoms with van der Waals surface area (Å²) in [6.07, 6.45) is 0. The number of amides is 1. The molecule has 4 nitrogen and oxygen atoms in total. The van der Waals surface area contributed by atoms with Crippen molar-refractivity contribution in [2.75, 3.05) is 11.2 Å². The highest BCUT2D eigenvalue weighted by Gasteiger charge is 2.34. The topological polar surface area (TPSA) is 63.2 Å². The van der Waals surface area contributed by atoms with Crippen LogP contribution in [0.25, 0.3) is 0 Å². The van der Waals surface area contributed by atoms with Gasteiger partial charge in [0.2, 0.25) is 5.91 Å². The Morgan fingerprint density at radius 3 is 2.13 bits per heavy atom. The molecule has 1 amide bonds. The lowest BCUT2D eigenvalue weighted by Gasteiger charge is -2.22. The smallest absolute Gasteiger partial charge is 0.239 e. The highest BCUT2D eigenvalue weighted by molar-refractivity contribution is 9.11. The van der Waals surface area contributed by atoms with E-state index in [9.17, 15) is 14.4 Å². The van der Waals surface area contributed by atoms with Gasteiger partial charge >= 0.3 is 0 Å². The molecule has 23 heavy (non-hydrogen) atoms. The molecule has 1 aliphatic carbocycles. The molecule has 1 N–H and O–H groups in total. The number of fused-ring (bicyclic) bond motifs is 2. The first-order valence-corrected chi connectivity index (χ1v) is 8.64. The summed E-state index contributed by atoms with van der Waals surface area (Å²) in [5, 5.41) is 2.59. The lowest BCUT2D eigenvalue weighted by atomic mass is 9.83. The van der Waals surface area contributed by atoms with E-state index in [1.807, 2.05) is 0 Å². The van der Waals surface area contributed by atoms with Crippen LogP contribution in [-0.4, -0.2) is 23.4 Å². The maximum absolute atomic E-state index is 12.9. The molecule has 2 aromatic carbocycles. The second-order valence-corrected chi connectivity index (χ2v) is 6.83. The Kier molecular flexibility index (Phi) is 4.40. The highest BCUT2D eigenvalue weighted by atomic mass is 79.9. The van der Waals surface area contributed by atoms with Crippen molar-refractivity contribution in [2.45, 2.75) is 0 Å². The summed E-state index contributed by atoms with van der Waals surface area (Å²) in [7, 11) is 0. The predicted octanol–water partition coefficient (Wildman–Crippen LogP) is 4.16. The first kappa shape index (κ1) is 16.4. The van der Waals surface area contributed by atoms with Crippen LogP contribution in [0.2, 0.25) is 0 Å². The van der Waals surface area contributed by atoms with E-state index in [1.165, 1.54) is 0 Å².